The van der Waals surface area contributed by atoms with Crippen LogP contribution in [0.3, 0.4) is 0 Å². The average Bonchev–Trinajstić information content (AvgIpc) is 2.43. The third-order valence-corrected chi connectivity index (χ3v) is 3.51. The maximum atomic E-state index is 13.1. The van der Waals surface area contributed by atoms with Crippen LogP contribution in [0, 0.1) is 17.6 Å². The van der Waals surface area contributed by atoms with E-state index >= 15 is 0 Å². The van der Waals surface area contributed by atoms with Crippen LogP contribution in [0.5, 0.6) is 0 Å². The summed E-state index contributed by atoms with van der Waals surface area (Å²) < 4.78 is 25.9. The van der Waals surface area contributed by atoms with Gasteiger partial charge >= 0.3 is 0 Å². The lowest BCUT2D eigenvalue weighted by atomic mass is 9.95. The smallest absolute Gasteiger partial charge is 0.159 e. The normalized spacial score (nSPS) is 18.7. The van der Waals surface area contributed by atoms with Crippen LogP contribution in [0.25, 0.3) is 0 Å². The van der Waals surface area contributed by atoms with Crippen molar-refractivity contribution in [3.63, 3.8) is 0 Å². The Hall–Kier alpha value is -1.69. The van der Waals surface area contributed by atoms with Gasteiger partial charge in [-0.25, -0.2) is 8.78 Å². The Morgan fingerprint density at radius 3 is 2.58 bits per heavy atom. The second-order valence-electron chi connectivity index (χ2n) is 4.82. The van der Waals surface area contributed by atoms with Crippen molar-refractivity contribution in [2.45, 2.75) is 19.4 Å². The molecular formula is C13H17F2N3O. The van der Waals surface area contributed by atoms with Gasteiger partial charge in [0.15, 0.2) is 11.6 Å². The Balaban J connectivity index is 1.90. The number of nitrogens with two attached hydrogens (primary N) is 1. The fourth-order valence-corrected chi connectivity index (χ4v) is 2.36. The van der Waals surface area contributed by atoms with Gasteiger partial charge in [-0.1, -0.05) is 11.2 Å². The number of piperidine rings is 1. The molecule has 0 saturated carbocycles. The van der Waals surface area contributed by atoms with Gasteiger partial charge in [0.1, 0.15) is 5.84 Å². The van der Waals surface area contributed by atoms with E-state index in [4.69, 9.17) is 10.9 Å². The molecule has 0 unspecified atom stereocenters. The van der Waals surface area contributed by atoms with Crippen LogP contribution in [-0.4, -0.2) is 29.0 Å². The molecule has 1 heterocycles. The van der Waals surface area contributed by atoms with Gasteiger partial charge in [0.25, 0.3) is 0 Å². The van der Waals surface area contributed by atoms with Gasteiger partial charge in [0.05, 0.1) is 0 Å². The molecule has 0 amide bonds. The Bertz CT molecular complexity index is 471. The highest BCUT2D eigenvalue weighted by atomic mass is 19.2. The Morgan fingerprint density at radius 2 is 2.00 bits per heavy atom. The maximum absolute atomic E-state index is 13.1. The van der Waals surface area contributed by atoms with Crippen LogP contribution in [-0.2, 0) is 6.54 Å². The number of amidine groups is 1. The minimum atomic E-state index is -0.825. The Labute approximate surface area is 110 Å². The van der Waals surface area contributed by atoms with Crippen LogP contribution in [0.15, 0.2) is 23.4 Å². The van der Waals surface area contributed by atoms with Crippen LogP contribution in [0.1, 0.15) is 18.4 Å². The number of rotatable bonds is 3. The lowest BCUT2D eigenvalue weighted by Gasteiger charge is -2.31. The van der Waals surface area contributed by atoms with E-state index in [0.717, 1.165) is 37.6 Å². The summed E-state index contributed by atoms with van der Waals surface area (Å²) >= 11 is 0. The molecule has 1 aromatic rings. The van der Waals surface area contributed by atoms with Crippen molar-refractivity contribution in [3.8, 4) is 0 Å². The molecule has 3 N–H and O–H groups in total. The summed E-state index contributed by atoms with van der Waals surface area (Å²) in [6.07, 6.45) is 1.61. The fourth-order valence-electron chi connectivity index (χ4n) is 2.36. The summed E-state index contributed by atoms with van der Waals surface area (Å²) in [6, 6.07) is 3.97. The number of nitrogens with zero attached hydrogens (tertiary/aromatic N) is 2. The standard InChI is InChI=1S/C13H17F2N3O/c14-11-2-1-9(7-12(11)15)8-18-5-3-10(4-6-18)13(16)17-19/h1-2,7,10,19H,3-6,8H2,(H2,16,17). The molecule has 1 aromatic carbocycles. The molecule has 1 aliphatic rings. The number of oxime groups is 1. The van der Waals surface area contributed by atoms with Crippen molar-refractivity contribution in [1.29, 1.82) is 0 Å². The minimum absolute atomic E-state index is 0.103. The fraction of sp³-hybridized carbons (Fsp3) is 0.462. The van der Waals surface area contributed by atoms with Crippen molar-refractivity contribution in [3.05, 3.63) is 35.4 Å². The second-order valence-corrected chi connectivity index (χ2v) is 4.82. The van der Waals surface area contributed by atoms with E-state index in [9.17, 15) is 8.78 Å². The summed E-state index contributed by atoms with van der Waals surface area (Å²) in [5, 5.41) is 11.6. The summed E-state index contributed by atoms with van der Waals surface area (Å²) in [5.74, 6) is -1.27. The van der Waals surface area contributed by atoms with Crippen molar-refractivity contribution in [1.82, 2.24) is 4.90 Å². The van der Waals surface area contributed by atoms with Crippen molar-refractivity contribution < 1.29 is 14.0 Å². The van der Waals surface area contributed by atoms with Gasteiger partial charge in [0.2, 0.25) is 0 Å². The lowest BCUT2D eigenvalue weighted by molar-refractivity contribution is 0.198. The zero-order valence-electron chi connectivity index (χ0n) is 10.5. The molecule has 1 fully saturated rings. The zero-order chi connectivity index (χ0) is 13.8. The van der Waals surface area contributed by atoms with Crippen molar-refractivity contribution in [2.75, 3.05) is 13.1 Å². The molecule has 6 heteroatoms. The van der Waals surface area contributed by atoms with E-state index in [0.29, 0.717) is 6.54 Å². The molecule has 0 bridgehead atoms. The number of hydrogen-bond donors (Lipinski definition) is 2. The van der Waals surface area contributed by atoms with Crippen LogP contribution in [0.2, 0.25) is 0 Å². The molecule has 0 spiro atoms. The number of likely N-dealkylation sites (tertiary alicyclic amines) is 1. The predicted molar refractivity (Wildman–Crippen MR) is 67.8 cm³/mol. The molecule has 0 aliphatic carbocycles. The van der Waals surface area contributed by atoms with Crippen LogP contribution >= 0.6 is 0 Å². The van der Waals surface area contributed by atoms with Gasteiger partial charge in [-0.2, -0.15) is 0 Å². The molecule has 1 aliphatic heterocycles. The molecule has 0 radical (unpaired) electrons. The van der Waals surface area contributed by atoms with Gasteiger partial charge < -0.3 is 10.9 Å². The lowest BCUT2D eigenvalue weighted by Crippen LogP contribution is -2.38. The number of halogens is 2. The summed E-state index contributed by atoms with van der Waals surface area (Å²) in [4.78, 5) is 2.15. The Morgan fingerprint density at radius 1 is 1.32 bits per heavy atom. The Kier molecular flexibility index (Phi) is 4.31. The highest BCUT2D eigenvalue weighted by molar-refractivity contribution is 5.82. The highest BCUT2D eigenvalue weighted by Crippen LogP contribution is 2.19. The molecule has 1 saturated heterocycles. The molecule has 104 valence electrons. The van der Waals surface area contributed by atoms with E-state index in [1.165, 1.54) is 6.07 Å². The minimum Gasteiger partial charge on any atom is -0.409 e. The first-order chi connectivity index (χ1) is 9.10. The molecule has 2 rings (SSSR count). The van der Waals surface area contributed by atoms with Crippen LogP contribution < -0.4 is 5.73 Å². The SMILES string of the molecule is N/C(=N/O)C1CCN(Cc2ccc(F)c(F)c2)CC1. The number of hydrogen-bond acceptors (Lipinski definition) is 3. The van der Waals surface area contributed by atoms with Crippen molar-refractivity contribution >= 4 is 5.84 Å². The van der Waals surface area contributed by atoms with E-state index in [2.05, 4.69) is 10.1 Å². The average molecular weight is 269 g/mol. The zero-order valence-corrected chi connectivity index (χ0v) is 10.5. The molecule has 19 heavy (non-hydrogen) atoms. The first-order valence-electron chi connectivity index (χ1n) is 6.24. The monoisotopic (exact) mass is 269 g/mol. The second kappa shape index (κ2) is 5.97. The summed E-state index contributed by atoms with van der Waals surface area (Å²) in [7, 11) is 0. The molecule has 4 nitrogen and oxygen atoms in total. The highest BCUT2D eigenvalue weighted by Gasteiger charge is 2.22. The topological polar surface area (TPSA) is 61.9 Å². The van der Waals surface area contributed by atoms with Gasteiger partial charge in [0, 0.05) is 12.5 Å². The third kappa shape index (κ3) is 3.41. The van der Waals surface area contributed by atoms with E-state index in [1.807, 2.05) is 0 Å². The molecular weight excluding hydrogens is 252 g/mol. The maximum Gasteiger partial charge on any atom is 0.159 e. The quantitative estimate of drug-likeness (QED) is 0.381. The number of benzene rings is 1. The molecule has 0 atom stereocenters. The first-order valence-corrected chi connectivity index (χ1v) is 6.24. The van der Waals surface area contributed by atoms with Crippen LogP contribution in [0.4, 0.5) is 8.78 Å². The van der Waals surface area contributed by atoms with E-state index in [-0.39, 0.29) is 11.8 Å². The largest absolute Gasteiger partial charge is 0.409 e. The van der Waals surface area contributed by atoms with E-state index in [1.54, 1.807) is 6.07 Å². The van der Waals surface area contributed by atoms with Gasteiger partial charge in [-0.05, 0) is 43.6 Å². The third-order valence-electron chi connectivity index (χ3n) is 3.51. The van der Waals surface area contributed by atoms with E-state index < -0.39 is 11.6 Å². The first kappa shape index (κ1) is 13.7. The summed E-state index contributed by atoms with van der Waals surface area (Å²) in [6.45, 7) is 2.17. The predicted octanol–water partition coefficient (Wildman–Crippen LogP) is 1.92. The van der Waals surface area contributed by atoms with Gasteiger partial charge in [-0.15, -0.1) is 0 Å². The van der Waals surface area contributed by atoms with Gasteiger partial charge in [-0.3, -0.25) is 4.90 Å². The summed E-state index contributed by atoms with van der Waals surface area (Å²) in [5.41, 5.74) is 6.32. The van der Waals surface area contributed by atoms with Crippen molar-refractivity contribution in [2.24, 2.45) is 16.8 Å². The molecule has 0 aromatic heterocycles.